The zero-order valence-electron chi connectivity index (χ0n) is 7.86. The Labute approximate surface area is 83.9 Å². The summed E-state index contributed by atoms with van der Waals surface area (Å²) in [5.41, 5.74) is 4.10. The van der Waals surface area contributed by atoms with E-state index in [1.165, 1.54) is 5.56 Å². The largest absolute Gasteiger partial charge is 0.271 e. The molecule has 0 aliphatic carbocycles. The van der Waals surface area contributed by atoms with Crippen molar-refractivity contribution in [1.29, 1.82) is 0 Å². The fraction of sp³-hybridized carbons (Fsp3) is 0.400. The highest BCUT2D eigenvalue weighted by atomic mass is 32.2. The number of nitrogens with one attached hydrogen (secondary N) is 1. The van der Waals surface area contributed by atoms with Crippen molar-refractivity contribution in [3.05, 3.63) is 35.9 Å². The molecular weight excluding hydrogens is 180 g/mol. The molecule has 3 N–H and O–H groups in total. The van der Waals surface area contributed by atoms with Crippen LogP contribution >= 0.6 is 11.8 Å². The highest BCUT2D eigenvalue weighted by Gasteiger charge is 2.07. The monoisotopic (exact) mass is 196 g/mol. The molecule has 13 heavy (non-hydrogen) atoms. The SMILES string of the molecule is CSCCC(NN)c1ccccc1. The van der Waals surface area contributed by atoms with Crippen LogP contribution in [-0.2, 0) is 0 Å². The molecule has 72 valence electrons. The predicted octanol–water partition coefficient (Wildman–Crippen LogP) is 1.94. The predicted molar refractivity (Wildman–Crippen MR) is 59.5 cm³/mol. The molecule has 0 spiro atoms. The standard InChI is InChI=1S/C10H16N2S/c1-13-8-7-10(12-11)9-5-3-2-4-6-9/h2-6,10,12H,7-8,11H2,1H3. The summed E-state index contributed by atoms with van der Waals surface area (Å²) >= 11 is 1.84. The molecule has 3 heteroatoms. The van der Waals surface area contributed by atoms with Crippen molar-refractivity contribution in [2.45, 2.75) is 12.5 Å². The van der Waals surface area contributed by atoms with E-state index in [0.29, 0.717) is 0 Å². The first-order valence-electron chi connectivity index (χ1n) is 4.38. The molecule has 1 aromatic carbocycles. The minimum atomic E-state index is 0.286. The van der Waals surface area contributed by atoms with Crippen LogP contribution in [0.25, 0.3) is 0 Å². The zero-order valence-corrected chi connectivity index (χ0v) is 8.68. The number of benzene rings is 1. The lowest BCUT2D eigenvalue weighted by atomic mass is 10.1. The van der Waals surface area contributed by atoms with Gasteiger partial charge in [0, 0.05) is 6.04 Å². The Morgan fingerprint density at radius 3 is 2.62 bits per heavy atom. The molecule has 0 radical (unpaired) electrons. The van der Waals surface area contributed by atoms with Gasteiger partial charge >= 0.3 is 0 Å². The summed E-state index contributed by atoms with van der Waals surface area (Å²) in [5.74, 6) is 6.62. The zero-order chi connectivity index (χ0) is 9.52. The Bertz CT molecular complexity index is 226. The van der Waals surface area contributed by atoms with Crippen LogP contribution in [-0.4, -0.2) is 12.0 Å². The second kappa shape index (κ2) is 6.02. The Hall–Kier alpha value is -0.510. The van der Waals surface area contributed by atoms with Gasteiger partial charge in [0.2, 0.25) is 0 Å². The van der Waals surface area contributed by atoms with E-state index in [0.717, 1.165) is 12.2 Å². The third-order valence-electron chi connectivity index (χ3n) is 2.01. The summed E-state index contributed by atoms with van der Waals surface area (Å²) in [6.45, 7) is 0. The van der Waals surface area contributed by atoms with Crippen LogP contribution in [0.5, 0.6) is 0 Å². The fourth-order valence-corrected chi connectivity index (χ4v) is 1.74. The Morgan fingerprint density at radius 2 is 2.08 bits per heavy atom. The molecule has 0 heterocycles. The van der Waals surface area contributed by atoms with Crippen molar-refractivity contribution in [3.8, 4) is 0 Å². The molecule has 0 bridgehead atoms. The summed E-state index contributed by atoms with van der Waals surface area (Å²) in [6.07, 6.45) is 3.18. The molecule has 1 atom stereocenters. The number of thioether (sulfide) groups is 1. The van der Waals surface area contributed by atoms with E-state index >= 15 is 0 Å². The lowest BCUT2D eigenvalue weighted by Gasteiger charge is -2.15. The molecular formula is C10H16N2S. The fourth-order valence-electron chi connectivity index (χ4n) is 1.27. The Balaban J connectivity index is 2.56. The number of rotatable bonds is 5. The Kier molecular flexibility index (Phi) is 4.90. The molecule has 2 nitrogen and oxygen atoms in total. The van der Waals surface area contributed by atoms with Gasteiger partial charge in [-0.1, -0.05) is 30.3 Å². The average molecular weight is 196 g/mol. The van der Waals surface area contributed by atoms with Crippen LogP contribution in [0.3, 0.4) is 0 Å². The van der Waals surface area contributed by atoms with Crippen LogP contribution < -0.4 is 11.3 Å². The summed E-state index contributed by atoms with van der Waals surface area (Å²) in [7, 11) is 0. The summed E-state index contributed by atoms with van der Waals surface area (Å²) in [5, 5.41) is 0. The first-order valence-corrected chi connectivity index (χ1v) is 5.78. The maximum Gasteiger partial charge on any atom is 0.0467 e. The molecule has 1 unspecified atom stereocenters. The van der Waals surface area contributed by atoms with Crippen molar-refractivity contribution in [3.63, 3.8) is 0 Å². The second-order valence-electron chi connectivity index (χ2n) is 2.91. The van der Waals surface area contributed by atoms with Crippen molar-refractivity contribution in [1.82, 2.24) is 5.43 Å². The normalized spacial score (nSPS) is 12.8. The first kappa shape index (κ1) is 10.6. The molecule has 0 aliphatic rings. The van der Waals surface area contributed by atoms with E-state index in [2.05, 4.69) is 23.8 Å². The smallest absolute Gasteiger partial charge is 0.0467 e. The van der Waals surface area contributed by atoms with Gasteiger partial charge in [-0.15, -0.1) is 0 Å². The van der Waals surface area contributed by atoms with Gasteiger partial charge in [-0.25, -0.2) is 0 Å². The van der Waals surface area contributed by atoms with E-state index < -0.39 is 0 Å². The number of hydrogen-bond acceptors (Lipinski definition) is 3. The van der Waals surface area contributed by atoms with Crippen LogP contribution in [0.1, 0.15) is 18.0 Å². The molecule has 0 saturated carbocycles. The maximum atomic E-state index is 5.49. The molecule has 0 saturated heterocycles. The minimum absolute atomic E-state index is 0.286. The van der Waals surface area contributed by atoms with Gasteiger partial charge in [0.25, 0.3) is 0 Å². The van der Waals surface area contributed by atoms with Gasteiger partial charge in [0.05, 0.1) is 0 Å². The highest BCUT2D eigenvalue weighted by Crippen LogP contribution is 2.16. The quantitative estimate of drug-likeness (QED) is 0.558. The summed E-state index contributed by atoms with van der Waals surface area (Å²) in [4.78, 5) is 0. The van der Waals surface area contributed by atoms with Gasteiger partial charge in [-0.2, -0.15) is 11.8 Å². The summed E-state index contributed by atoms with van der Waals surface area (Å²) < 4.78 is 0. The number of hydrogen-bond donors (Lipinski definition) is 2. The third kappa shape index (κ3) is 3.38. The van der Waals surface area contributed by atoms with Gasteiger partial charge in [-0.05, 0) is 24.0 Å². The molecule has 0 aliphatic heterocycles. The number of nitrogens with two attached hydrogens (primary N) is 1. The van der Waals surface area contributed by atoms with Crippen LogP contribution in [0.4, 0.5) is 0 Å². The van der Waals surface area contributed by atoms with E-state index in [9.17, 15) is 0 Å². The maximum absolute atomic E-state index is 5.49. The van der Waals surface area contributed by atoms with Gasteiger partial charge < -0.3 is 0 Å². The van der Waals surface area contributed by atoms with E-state index in [1.54, 1.807) is 0 Å². The highest BCUT2D eigenvalue weighted by molar-refractivity contribution is 7.98. The van der Waals surface area contributed by atoms with Crippen molar-refractivity contribution < 1.29 is 0 Å². The molecule has 1 rings (SSSR count). The van der Waals surface area contributed by atoms with Gasteiger partial charge in [0.1, 0.15) is 0 Å². The molecule has 0 fully saturated rings. The molecule has 0 aromatic heterocycles. The van der Waals surface area contributed by atoms with E-state index in [1.807, 2.05) is 30.0 Å². The van der Waals surface area contributed by atoms with Gasteiger partial charge in [-0.3, -0.25) is 11.3 Å². The van der Waals surface area contributed by atoms with Gasteiger partial charge in [0.15, 0.2) is 0 Å². The van der Waals surface area contributed by atoms with E-state index in [4.69, 9.17) is 5.84 Å². The lowest BCUT2D eigenvalue weighted by molar-refractivity contribution is 0.543. The number of hydrazine groups is 1. The summed E-state index contributed by atoms with van der Waals surface area (Å²) in [6, 6.07) is 10.6. The molecule has 1 aromatic rings. The lowest BCUT2D eigenvalue weighted by Crippen LogP contribution is -2.28. The average Bonchev–Trinajstić information content (AvgIpc) is 2.21. The van der Waals surface area contributed by atoms with Crippen LogP contribution in [0.2, 0.25) is 0 Å². The van der Waals surface area contributed by atoms with Crippen molar-refractivity contribution in [2.24, 2.45) is 5.84 Å². The van der Waals surface area contributed by atoms with Crippen LogP contribution in [0.15, 0.2) is 30.3 Å². The van der Waals surface area contributed by atoms with Crippen LogP contribution in [0, 0.1) is 0 Å². The first-order chi connectivity index (χ1) is 6.38. The topological polar surface area (TPSA) is 38.0 Å². The van der Waals surface area contributed by atoms with Crippen molar-refractivity contribution in [2.75, 3.05) is 12.0 Å². The third-order valence-corrected chi connectivity index (χ3v) is 2.66. The van der Waals surface area contributed by atoms with Crippen molar-refractivity contribution >= 4 is 11.8 Å². The van der Waals surface area contributed by atoms with E-state index in [-0.39, 0.29) is 6.04 Å². The molecule has 0 amide bonds. The second-order valence-corrected chi connectivity index (χ2v) is 3.90. The Morgan fingerprint density at radius 1 is 1.38 bits per heavy atom. The minimum Gasteiger partial charge on any atom is -0.271 e.